The van der Waals surface area contributed by atoms with Crippen molar-refractivity contribution in [2.45, 2.75) is 0 Å². The monoisotopic (exact) mass is 304 g/mol. The van der Waals surface area contributed by atoms with Gasteiger partial charge in [0.15, 0.2) is 0 Å². The highest BCUT2D eigenvalue weighted by molar-refractivity contribution is 5.90. The number of aliphatic imine (C=N–C) groups is 1. The molecule has 0 bridgehead atoms. The molecule has 3 rings (SSSR count). The number of methoxy groups -OCH3 is 1. The van der Waals surface area contributed by atoms with Gasteiger partial charge in [-0.15, -0.1) is 0 Å². The van der Waals surface area contributed by atoms with Crippen LogP contribution < -0.4 is 0 Å². The number of para-hydroxylation sites is 1. The summed E-state index contributed by atoms with van der Waals surface area (Å²) in [7, 11) is 1.37. The SMILES string of the molecule is COC(=O)c1ccc(N=Cc2ccn(-c3ccccc3)c2)cc1. The minimum atomic E-state index is -0.347. The predicted molar refractivity (Wildman–Crippen MR) is 90.8 cm³/mol. The number of hydrogen-bond acceptors (Lipinski definition) is 3. The van der Waals surface area contributed by atoms with Gasteiger partial charge in [0.25, 0.3) is 0 Å². The summed E-state index contributed by atoms with van der Waals surface area (Å²) in [5.41, 5.74) is 3.41. The first-order valence-electron chi connectivity index (χ1n) is 7.22. The number of aromatic nitrogens is 1. The molecule has 4 nitrogen and oxygen atoms in total. The molecule has 1 aromatic heterocycles. The summed E-state index contributed by atoms with van der Waals surface area (Å²) in [6, 6.07) is 19.1. The van der Waals surface area contributed by atoms with Gasteiger partial charge in [-0.3, -0.25) is 4.99 Å². The lowest BCUT2D eigenvalue weighted by atomic mass is 10.2. The van der Waals surface area contributed by atoms with Crippen molar-refractivity contribution in [1.29, 1.82) is 0 Å². The Kier molecular flexibility index (Phi) is 4.34. The van der Waals surface area contributed by atoms with E-state index in [1.54, 1.807) is 30.5 Å². The Labute approximate surface area is 134 Å². The molecule has 0 aliphatic heterocycles. The molecule has 23 heavy (non-hydrogen) atoms. The van der Waals surface area contributed by atoms with Crippen molar-refractivity contribution >= 4 is 17.9 Å². The zero-order chi connectivity index (χ0) is 16.1. The average molecular weight is 304 g/mol. The number of nitrogens with zero attached hydrogens (tertiary/aromatic N) is 2. The number of benzene rings is 2. The molecule has 0 aliphatic rings. The molecule has 0 unspecified atom stereocenters. The highest BCUT2D eigenvalue weighted by Crippen LogP contribution is 2.15. The summed E-state index contributed by atoms with van der Waals surface area (Å²) < 4.78 is 6.71. The summed E-state index contributed by atoms with van der Waals surface area (Å²) >= 11 is 0. The number of rotatable bonds is 4. The second kappa shape index (κ2) is 6.75. The fraction of sp³-hybridized carbons (Fsp3) is 0.0526. The Morgan fingerprint density at radius 3 is 2.48 bits per heavy atom. The fourth-order valence-electron chi connectivity index (χ4n) is 2.20. The Morgan fingerprint density at radius 1 is 1.04 bits per heavy atom. The molecule has 0 spiro atoms. The minimum Gasteiger partial charge on any atom is -0.465 e. The largest absolute Gasteiger partial charge is 0.465 e. The molecular formula is C19H16N2O2. The van der Waals surface area contributed by atoms with Gasteiger partial charge < -0.3 is 9.30 Å². The Morgan fingerprint density at radius 2 is 1.78 bits per heavy atom. The summed E-state index contributed by atoms with van der Waals surface area (Å²) in [6.07, 6.45) is 5.81. The molecule has 0 saturated carbocycles. The third-order valence-electron chi connectivity index (χ3n) is 3.42. The third kappa shape index (κ3) is 3.55. The lowest BCUT2D eigenvalue weighted by molar-refractivity contribution is 0.0601. The maximum Gasteiger partial charge on any atom is 0.337 e. The number of carbonyl (C=O) groups excluding carboxylic acids is 1. The quantitative estimate of drug-likeness (QED) is 0.540. The fourth-order valence-corrected chi connectivity index (χ4v) is 2.20. The first kappa shape index (κ1) is 14.8. The molecule has 1 heterocycles. The van der Waals surface area contributed by atoms with Gasteiger partial charge >= 0.3 is 5.97 Å². The Hall–Kier alpha value is -3.14. The van der Waals surface area contributed by atoms with Crippen LogP contribution >= 0.6 is 0 Å². The number of esters is 1. The van der Waals surface area contributed by atoms with Gasteiger partial charge in [0, 0.05) is 29.9 Å². The molecule has 0 N–H and O–H groups in total. The lowest BCUT2D eigenvalue weighted by Gasteiger charge is -2.00. The third-order valence-corrected chi connectivity index (χ3v) is 3.42. The number of carbonyl (C=O) groups is 1. The molecule has 4 heteroatoms. The standard InChI is InChI=1S/C19H16N2O2/c1-23-19(22)16-7-9-17(10-8-16)20-13-15-11-12-21(14-15)18-5-3-2-4-6-18/h2-14H,1H3. The summed E-state index contributed by atoms with van der Waals surface area (Å²) in [4.78, 5) is 15.8. The van der Waals surface area contributed by atoms with Crippen LogP contribution in [0.2, 0.25) is 0 Å². The van der Waals surface area contributed by atoms with Crippen LogP contribution in [0.25, 0.3) is 5.69 Å². The summed E-state index contributed by atoms with van der Waals surface area (Å²) in [5.74, 6) is -0.347. The van der Waals surface area contributed by atoms with E-state index in [1.807, 2.05) is 53.4 Å². The van der Waals surface area contributed by atoms with Crippen LogP contribution in [0, 0.1) is 0 Å². The van der Waals surface area contributed by atoms with Crippen LogP contribution in [0.3, 0.4) is 0 Å². The first-order valence-corrected chi connectivity index (χ1v) is 7.22. The van der Waals surface area contributed by atoms with E-state index < -0.39 is 0 Å². The molecule has 0 atom stereocenters. The van der Waals surface area contributed by atoms with E-state index in [9.17, 15) is 4.79 Å². The normalized spacial score (nSPS) is 10.8. The van der Waals surface area contributed by atoms with Gasteiger partial charge in [0.2, 0.25) is 0 Å². The molecule has 0 saturated heterocycles. The maximum atomic E-state index is 11.4. The molecule has 114 valence electrons. The molecule has 2 aromatic carbocycles. The van der Waals surface area contributed by atoms with E-state index in [1.165, 1.54) is 7.11 Å². The predicted octanol–water partition coefficient (Wildman–Crippen LogP) is 4.01. The molecule has 0 amide bonds. The number of ether oxygens (including phenoxy) is 1. The topological polar surface area (TPSA) is 43.6 Å². The summed E-state index contributed by atoms with van der Waals surface area (Å²) in [5, 5.41) is 0. The molecule has 0 aliphatic carbocycles. The Balaban J connectivity index is 1.73. The Bertz CT molecular complexity index is 818. The van der Waals surface area contributed by atoms with Crippen LogP contribution in [0.1, 0.15) is 15.9 Å². The van der Waals surface area contributed by atoms with Crippen molar-refractivity contribution in [1.82, 2.24) is 4.57 Å². The van der Waals surface area contributed by atoms with Crippen molar-refractivity contribution in [2.75, 3.05) is 7.11 Å². The van der Waals surface area contributed by atoms with Crippen LogP contribution in [-0.2, 0) is 4.74 Å². The smallest absolute Gasteiger partial charge is 0.337 e. The van der Waals surface area contributed by atoms with Crippen LogP contribution in [0.4, 0.5) is 5.69 Å². The number of hydrogen-bond donors (Lipinski definition) is 0. The maximum absolute atomic E-state index is 11.4. The zero-order valence-electron chi connectivity index (χ0n) is 12.7. The van der Waals surface area contributed by atoms with Gasteiger partial charge in [-0.2, -0.15) is 0 Å². The van der Waals surface area contributed by atoms with Crippen molar-refractivity contribution in [2.24, 2.45) is 4.99 Å². The molecule has 3 aromatic rings. The average Bonchev–Trinajstić information content (AvgIpc) is 3.09. The van der Waals surface area contributed by atoms with E-state index in [-0.39, 0.29) is 5.97 Å². The van der Waals surface area contributed by atoms with E-state index in [0.717, 1.165) is 16.9 Å². The van der Waals surface area contributed by atoms with Crippen molar-refractivity contribution in [3.8, 4) is 5.69 Å². The molecular weight excluding hydrogens is 288 g/mol. The minimum absolute atomic E-state index is 0.347. The van der Waals surface area contributed by atoms with Gasteiger partial charge in [-0.1, -0.05) is 18.2 Å². The van der Waals surface area contributed by atoms with Crippen molar-refractivity contribution in [3.05, 3.63) is 84.2 Å². The first-order chi connectivity index (χ1) is 11.3. The molecule has 0 fully saturated rings. The van der Waals surface area contributed by atoms with Gasteiger partial charge in [0.05, 0.1) is 18.4 Å². The highest BCUT2D eigenvalue weighted by Gasteiger charge is 2.03. The second-order valence-corrected chi connectivity index (χ2v) is 4.98. The van der Waals surface area contributed by atoms with E-state index in [2.05, 4.69) is 9.73 Å². The van der Waals surface area contributed by atoms with Crippen LogP contribution in [-0.4, -0.2) is 23.9 Å². The zero-order valence-corrected chi connectivity index (χ0v) is 12.7. The van der Waals surface area contributed by atoms with Crippen LogP contribution in [0.15, 0.2) is 78.0 Å². The lowest BCUT2D eigenvalue weighted by Crippen LogP contribution is -1.99. The molecule has 0 radical (unpaired) electrons. The highest BCUT2D eigenvalue weighted by atomic mass is 16.5. The van der Waals surface area contributed by atoms with Crippen LogP contribution in [0.5, 0.6) is 0 Å². The van der Waals surface area contributed by atoms with E-state index in [4.69, 9.17) is 0 Å². The van der Waals surface area contributed by atoms with Gasteiger partial charge in [-0.05, 0) is 42.5 Å². The van der Waals surface area contributed by atoms with Crippen molar-refractivity contribution < 1.29 is 9.53 Å². The summed E-state index contributed by atoms with van der Waals surface area (Å²) in [6.45, 7) is 0. The van der Waals surface area contributed by atoms with Gasteiger partial charge in [-0.25, -0.2) is 4.79 Å². The van der Waals surface area contributed by atoms with Gasteiger partial charge in [0.1, 0.15) is 0 Å². The second-order valence-electron chi connectivity index (χ2n) is 4.98. The van der Waals surface area contributed by atoms with Crippen molar-refractivity contribution in [3.63, 3.8) is 0 Å². The van der Waals surface area contributed by atoms with E-state index in [0.29, 0.717) is 5.56 Å². The van der Waals surface area contributed by atoms with E-state index >= 15 is 0 Å².